The van der Waals surface area contributed by atoms with Crippen molar-refractivity contribution in [2.24, 2.45) is 0 Å². The first-order valence-corrected chi connectivity index (χ1v) is 6.04. The second-order valence-electron chi connectivity index (χ2n) is 4.69. The quantitative estimate of drug-likeness (QED) is 0.823. The SMILES string of the molecule is COc1ccc(C(C)C)cc1CN(C)CCO. The highest BCUT2D eigenvalue weighted by Gasteiger charge is 2.09. The summed E-state index contributed by atoms with van der Waals surface area (Å²) in [7, 11) is 3.69. The van der Waals surface area contributed by atoms with Gasteiger partial charge in [-0.05, 0) is 24.6 Å². The van der Waals surface area contributed by atoms with Crippen molar-refractivity contribution in [1.29, 1.82) is 0 Å². The second kappa shape index (κ2) is 6.62. The maximum atomic E-state index is 8.91. The Morgan fingerprint density at radius 2 is 2.06 bits per heavy atom. The number of methoxy groups -OCH3 is 1. The molecule has 0 aliphatic rings. The molecule has 0 amide bonds. The Hall–Kier alpha value is -1.06. The summed E-state index contributed by atoms with van der Waals surface area (Å²) in [5, 5.41) is 8.91. The van der Waals surface area contributed by atoms with E-state index in [1.54, 1.807) is 7.11 Å². The molecule has 0 bridgehead atoms. The van der Waals surface area contributed by atoms with Crippen molar-refractivity contribution < 1.29 is 9.84 Å². The molecule has 17 heavy (non-hydrogen) atoms. The molecule has 0 saturated heterocycles. The molecule has 0 unspecified atom stereocenters. The molecular weight excluding hydrogens is 214 g/mol. The predicted octanol–water partition coefficient (Wildman–Crippen LogP) is 2.24. The first kappa shape index (κ1) is 14.0. The van der Waals surface area contributed by atoms with Crippen molar-refractivity contribution in [2.75, 3.05) is 27.3 Å². The minimum Gasteiger partial charge on any atom is -0.496 e. The third kappa shape index (κ3) is 4.02. The molecule has 0 aliphatic heterocycles. The number of hydrogen-bond acceptors (Lipinski definition) is 3. The number of hydrogen-bond donors (Lipinski definition) is 1. The van der Waals surface area contributed by atoms with Gasteiger partial charge in [0, 0.05) is 18.7 Å². The van der Waals surface area contributed by atoms with Gasteiger partial charge in [-0.1, -0.05) is 26.0 Å². The average molecular weight is 237 g/mol. The van der Waals surface area contributed by atoms with Crippen molar-refractivity contribution >= 4 is 0 Å². The molecule has 0 atom stereocenters. The van der Waals surface area contributed by atoms with E-state index in [4.69, 9.17) is 9.84 Å². The van der Waals surface area contributed by atoms with E-state index in [9.17, 15) is 0 Å². The Morgan fingerprint density at radius 1 is 1.35 bits per heavy atom. The minimum absolute atomic E-state index is 0.183. The molecule has 0 heterocycles. The zero-order chi connectivity index (χ0) is 12.8. The molecule has 0 aromatic heterocycles. The highest BCUT2D eigenvalue weighted by atomic mass is 16.5. The normalized spacial score (nSPS) is 11.2. The monoisotopic (exact) mass is 237 g/mol. The Bertz CT molecular complexity index is 350. The summed E-state index contributed by atoms with van der Waals surface area (Å²) in [6, 6.07) is 6.33. The van der Waals surface area contributed by atoms with Crippen molar-refractivity contribution in [2.45, 2.75) is 26.3 Å². The van der Waals surface area contributed by atoms with Gasteiger partial charge in [0.1, 0.15) is 5.75 Å². The third-order valence-corrected chi connectivity index (χ3v) is 2.89. The van der Waals surface area contributed by atoms with Crippen LogP contribution >= 0.6 is 0 Å². The predicted molar refractivity (Wildman–Crippen MR) is 70.5 cm³/mol. The standard InChI is InChI=1S/C14H23NO2/c1-11(2)12-5-6-14(17-4)13(9-12)10-15(3)7-8-16/h5-6,9,11,16H,7-8,10H2,1-4H3. The summed E-state index contributed by atoms with van der Waals surface area (Å²) in [6.07, 6.45) is 0. The maximum absolute atomic E-state index is 8.91. The molecule has 0 spiro atoms. The first-order chi connectivity index (χ1) is 8.08. The van der Waals surface area contributed by atoms with Gasteiger partial charge in [0.2, 0.25) is 0 Å². The van der Waals surface area contributed by atoms with E-state index in [2.05, 4.69) is 30.9 Å². The lowest BCUT2D eigenvalue weighted by Crippen LogP contribution is -2.21. The van der Waals surface area contributed by atoms with Gasteiger partial charge in [0.05, 0.1) is 13.7 Å². The van der Waals surface area contributed by atoms with Crippen molar-refractivity contribution in [1.82, 2.24) is 4.90 Å². The molecule has 0 radical (unpaired) electrons. The number of rotatable bonds is 6. The van der Waals surface area contributed by atoms with E-state index in [1.165, 1.54) is 11.1 Å². The van der Waals surface area contributed by atoms with Crippen molar-refractivity contribution in [3.8, 4) is 5.75 Å². The summed E-state index contributed by atoms with van der Waals surface area (Å²) in [4.78, 5) is 2.09. The molecule has 0 aliphatic carbocycles. The molecule has 3 nitrogen and oxygen atoms in total. The Labute approximate surface area is 104 Å². The van der Waals surface area contributed by atoms with Crippen LogP contribution in [0.2, 0.25) is 0 Å². The minimum atomic E-state index is 0.183. The average Bonchev–Trinajstić information content (AvgIpc) is 2.29. The van der Waals surface area contributed by atoms with Crippen LogP contribution in [0.4, 0.5) is 0 Å². The van der Waals surface area contributed by atoms with Crippen LogP contribution in [0, 0.1) is 0 Å². The third-order valence-electron chi connectivity index (χ3n) is 2.89. The summed E-state index contributed by atoms with van der Waals surface area (Å²) in [6.45, 7) is 6.02. The second-order valence-corrected chi connectivity index (χ2v) is 4.69. The Kier molecular flexibility index (Phi) is 5.45. The molecule has 1 aromatic carbocycles. The lowest BCUT2D eigenvalue weighted by Gasteiger charge is -2.18. The van der Waals surface area contributed by atoms with Crippen LogP contribution < -0.4 is 4.74 Å². The zero-order valence-corrected chi connectivity index (χ0v) is 11.2. The molecular formula is C14H23NO2. The number of aliphatic hydroxyl groups excluding tert-OH is 1. The fourth-order valence-corrected chi connectivity index (χ4v) is 1.82. The van der Waals surface area contributed by atoms with Gasteiger partial charge in [-0.25, -0.2) is 0 Å². The van der Waals surface area contributed by atoms with Gasteiger partial charge < -0.3 is 9.84 Å². The number of likely N-dealkylation sites (N-methyl/N-ethyl adjacent to an activating group) is 1. The van der Waals surface area contributed by atoms with E-state index < -0.39 is 0 Å². The van der Waals surface area contributed by atoms with E-state index in [-0.39, 0.29) is 6.61 Å². The molecule has 1 N–H and O–H groups in total. The topological polar surface area (TPSA) is 32.7 Å². The molecule has 0 saturated carbocycles. The molecule has 0 fully saturated rings. The van der Waals surface area contributed by atoms with Crippen LogP contribution in [-0.4, -0.2) is 37.3 Å². The van der Waals surface area contributed by atoms with Crippen LogP contribution in [0.1, 0.15) is 30.9 Å². The van der Waals surface area contributed by atoms with Gasteiger partial charge >= 0.3 is 0 Å². The summed E-state index contributed by atoms with van der Waals surface area (Å²) in [5.41, 5.74) is 2.49. The van der Waals surface area contributed by atoms with Gasteiger partial charge in [0.15, 0.2) is 0 Å². The van der Waals surface area contributed by atoms with Crippen LogP contribution in [0.25, 0.3) is 0 Å². The number of ether oxygens (including phenoxy) is 1. The molecule has 1 rings (SSSR count). The molecule has 3 heteroatoms. The lowest BCUT2D eigenvalue weighted by atomic mass is 10.00. The summed E-state index contributed by atoms with van der Waals surface area (Å²) in [5.74, 6) is 1.43. The summed E-state index contributed by atoms with van der Waals surface area (Å²) >= 11 is 0. The highest BCUT2D eigenvalue weighted by Crippen LogP contribution is 2.25. The smallest absolute Gasteiger partial charge is 0.123 e. The molecule has 1 aromatic rings. The van der Waals surface area contributed by atoms with Gasteiger partial charge in [-0.3, -0.25) is 4.90 Å². The summed E-state index contributed by atoms with van der Waals surface area (Å²) < 4.78 is 5.37. The van der Waals surface area contributed by atoms with Gasteiger partial charge in [0.25, 0.3) is 0 Å². The fourth-order valence-electron chi connectivity index (χ4n) is 1.82. The first-order valence-electron chi connectivity index (χ1n) is 6.04. The van der Waals surface area contributed by atoms with Crippen molar-refractivity contribution in [3.63, 3.8) is 0 Å². The number of nitrogens with zero attached hydrogens (tertiary/aromatic N) is 1. The van der Waals surface area contributed by atoms with E-state index >= 15 is 0 Å². The maximum Gasteiger partial charge on any atom is 0.123 e. The Morgan fingerprint density at radius 3 is 2.59 bits per heavy atom. The van der Waals surface area contributed by atoms with E-state index in [0.717, 1.165) is 12.3 Å². The Balaban J connectivity index is 2.89. The molecule has 96 valence electrons. The van der Waals surface area contributed by atoms with E-state index in [1.807, 2.05) is 13.1 Å². The lowest BCUT2D eigenvalue weighted by molar-refractivity contribution is 0.216. The van der Waals surface area contributed by atoms with Crippen LogP contribution in [0.15, 0.2) is 18.2 Å². The van der Waals surface area contributed by atoms with Crippen LogP contribution in [0.5, 0.6) is 5.75 Å². The van der Waals surface area contributed by atoms with Crippen molar-refractivity contribution in [3.05, 3.63) is 29.3 Å². The number of aliphatic hydroxyl groups is 1. The zero-order valence-electron chi connectivity index (χ0n) is 11.2. The highest BCUT2D eigenvalue weighted by molar-refractivity contribution is 5.38. The van der Waals surface area contributed by atoms with Crippen LogP contribution in [0.3, 0.4) is 0 Å². The van der Waals surface area contributed by atoms with Gasteiger partial charge in [-0.2, -0.15) is 0 Å². The largest absolute Gasteiger partial charge is 0.496 e. The fraction of sp³-hybridized carbons (Fsp3) is 0.571. The van der Waals surface area contributed by atoms with Crippen LogP contribution in [-0.2, 0) is 6.54 Å². The van der Waals surface area contributed by atoms with Gasteiger partial charge in [-0.15, -0.1) is 0 Å². The number of benzene rings is 1. The van der Waals surface area contributed by atoms with E-state index in [0.29, 0.717) is 12.5 Å².